The van der Waals surface area contributed by atoms with Gasteiger partial charge in [0, 0.05) is 18.8 Å². The maximum absolute atomic E-state index is 13.0. The van der Waals surface area contributed by atoms with Crippen molar-refractivity contribution in [3.63, 3.8) is 0 Å². The second kappa shape index (κ2) is 6.70. The molecule has 0 aliphatic heterocycles. The number of nitrogens with one attached hydrogen (secondary N) is 2. The average Bonchev–Trinajstić information content (AvgIpc) is 2.34. The highest BCUT2D eigenvalue weighted by molar-refractivity contribution is 6.39. The molecule has 0 spiro atoms. The van der Waals surface area contributed by atoms with Crippen molar-refractivity contribution in [2.75, 3.05) is 18.5 Å². The quantitative estimate of drug-likeness (QED) is 0.543. The molecule has 1 aromatic carbocycles. The Balaban J connectivity index is 2.58. The molecule has 0 saturated carbocycles. The Morgan fingerprint density at radius 3 is 2.72 bits per heavy atom. The molecule has 0 fully saturated rings. The van der Waals surface area contributed by atoms with Crippen LogP contribution < -0.4 is 10.6 Å². The summed E-state index contributed by atoms with van der Waals surface area (Å²) in [6.07, 6.45) is 0.373. The first-order valence-corrected chi connectivity index (χ1v) is 5.51. The molecule has 1 rings (SSSR count). The first kappa shape index (κ1) is 14.1. The number of rotatable bonds is 4. The summed E-state index contributed by atoms with van der Waals surface area (Å²) in [5, 5.41) is 13.2. The number of aliphatic hydroxyl groups is 1. The minimum Gasteiger partial charge on any atom is -0.396 e. The molecule has 5 nitrogen and oxygen atoms in total. The SMILES string of the molecule is Cc1ccc(F)cc1NC(=O)C(=O)NCCCO. The van der Waals surface area contributed by atoms with Crippen molar-refractivity contribution in [1.82, 2.24) is 5.32 Å². The summed E-state index contributed by atoms with van der Waals surface area (Å²) in [7, 11) is 0. The van der Waals surface area contributed by atoms with E-state index in [4.69, 9.17) is 5.11 Å². The fourth-order valence-electron chi connectivity index (χ4n) is 1.27. The van der Waals surface area contributed by atoms with E-state index in [1.807, 2.05) is 0 Å². The number of hydrogen-bond donors (Lipinski definition) is 3. The zero-order valence-corrected chi connectivity index (χ0v) is 10.00. The molecular formula is C12H15FN2O3. The highest BCUT2D eigenvalue weighted by atomic mass is 19.1. The summed E-state index contributed by atoms with van der Waals surface area (Å²) >= 11 is 0. The van der Waals surface area contributed by atoms with Crippen molar-refractivity contribution >= 4 is 17.5 Å². The lowest BCUT2D eigenvalue weighted by Crippen LogP contribution is -2.36. The molecule has 98 valence electrons. The van der Waals surface area contributed by atoms with Gasteiger partial charge in [0.05, 0.1) is 0 Å². The lowest BCUT2D eigenvalue weighted by atomic mass is 10.2. The van der Waals surface area contributed by atoms with Crippen molar-refractivity contribution in [2.24, 2.45) is 0 Å². The van der Waals surface area contributed by atoms with Crippen LogP contribution in [0.5, 0.6) is 0 Å². The van der Waals surface area contributed by atoms with E-state index in [1.54, 1.807) is 6.92 Å². The highest BCUT2D eigenvalue weighted by Gasteiger charge is 2.14. The molecule has 18 heavy (non-hydrogen) atoms. The number of hydrogen-bond acceptors (Lipinski definition) is 3. The summed E-state index contributed by atoms with van der Waals surface area (Å²) in [5.41, 5.74) is 0.921. The van der Waals surface area contributed by atoms with Crippen molar-refractivity contribution in [1.29, 1.82) is 0 Å². The van der Waals surface area contributed by atoms with Crippen LogP contribution in [0.3, 0.4) is 0 Å². The van der Waals surface area contributed by atoms with Gasteiger partial charge < -0.3 is 15.7 Å². The molecule has 0 radical (unpaired) electrons. The van der Waals surface area contributed by atoms with Gasteiger partial charge in [-0.25, -0.2) is 4.39 Å². The van der Waals surface area contributed by atoms with Gasteiger partial charge in [-0.1, -0.05) is 6.07 Å². The van der Waals surface area contributed by atoms with E-state index in [1.165, 1.54) is 12.1 Å². The van der Waals surface area contributed by atoms with Crippen molar-refractivity contribution in [3.05, 3.63) is 29.6 Å². The van der Waals surface area contributed by atoms with E-state index >= 15 is 0 Å². The molecule has 0 aliphatic rings. The third-order valence-corrected chi connectivity index (χ3v) is 2.27. The number of anilines is 1. The third-order valence-electron chi connectivity index (χ3n) is 2.27. The molecule has 0 aromatic heterocycles. The predicted molar refractivity (Wildman–Crippen MR) is 64.5 cm³/mol. The summed E-state index contributed by atoms with van der Waals surface area (Å²) in [6.45, 7) is 1.84. The van der Waals surface area contributed by atoms with E-state index in [0.717, 1.165) is 6.07 Å². The van der Waals surface area contributed by atoms with Crippen LogP contribution in [0.2, 0.25) is 0 Å². The Morgan fingerprint density at radius 1 is 1.33 bits per heavy atom. The maximum Gasteiger partial charge on any atom is 0.313 e. The molecule has 0 aliphatic carbocycles. The standard InChI is InChI=1S/C12H15FN2O3/c1-8-3-4-9(13)7-10(8)15-12(18)11(17)14-5-2-6-16/h3-4,7,16H,2,5-6H2,1H3,(H,14,17)(H,15,18). The fourth-order valence-corrected chi connectivity index (χ4v) is 1.27. The summed E-state index contributed by atoms with van der Waals surface area (Å²) in [4.78, 5) is 22.8. The van der Waals surface area contributed by atoms with Crippen LogP contribution in [0.4, 0.5) is 10.1 Å². The Labute approximate surface area is 104 Å². The number of benzene rings is 1. The largest absolute Gasteiger partial charge is 0.396 e. The predicted octanol–water partition coefficient (Wildman–Crippen LogP) is 0.571. The van der Waals surface area contributed by atoms with Gasteiger partial charge in [-0.05, 0) is 31.0 Å². The molecule has 0 saturated heterocycles. The Hall–Kier alpha value is -1.95. The van der Waals surface area contributed by atoms with Gasteiger partial charge in [0.1, 0.15) is 5.82 Å². The zero-order valence-electron chi connectivity index (χ0n) is 10.00. The van der Waals surface area contributed by atoms with Crippen molar-refractivity contribution in [2.45, 2.75) is 13.3 Å². The van der Waals surface area contributed by atoms with Crippen LogP contribution in [-0.2, 0) is 9.59 Å². The maximum atomic E-state index is 13.0. The number of amides is 2. The molecule has 2 amide bonds. The van der Waals surface area contributed by atoms with E-state index < -0.39 is 17.6 Å². The van der Waals surface area contributed by atoms with Gasteiger partial charge >= 0.3 is 11.8 Å². The minimum atomic E-state index is -0.860. The van der Waals surface area contributed by atoms with Gasteiger partial charge in [0.2, 0.25) is 0 Å². The third kappa shape index (κ3) is 4.14. The highest BCUT2D eigenvalue weighted by Crippen LogP contribution is 2.15. The topological polar surface area (TPSA) is 78.4 Å². The molecule has 0 heterocycles. The molecular weight excluding hydrogens is 239 g/mol. The average molecular weight is 254 g/mol. The van der Waals surface area contributed by atoms with Gasteiger partial charge in [0.25, 0.3) is 0 Å². The van der Waals surface area contributed by atoms with Crippen LogP contribution in [0, 0.1) is 12.7 Å². The van der Waals surface area contributed by atoms with Gasteiger partial charge in [-0.15, -0.1) is 0 Å². The van der Waals surface area contributed by atoms with Gasteiger partial charge in [0.15, 0.2) is 0 Å². The van der Waals surface area contributed by atoms with Gasteiger partial charge in [-0.2, -0.15) is 0 Å². The number of carbonyl (C=O) groups is 2. The second-order valence-corrected chi connectivity index (χ2v) is 3.75. The lowest BCUT2D eigenvalue weighted by molar-refractivity contribution is -0.136. The Bertz CT molecular complexity index is 449. The van der Waals surface area contributed by atoms with E-state index in [9.17, 15) is 14.0 Å². The Morgan fingerprint density at radius 2 is 2.06 bits per heavy atom. The zero-order chi connectivity index (χ0) is 13.5. The normalized spacial score (nSPS) is 9.94. The summed E-state index contributed by atoms with van der Waals surface area (Å²) in [5.74, 6) is -2.16. The van der Waals surface area contributed by atoms with Gasteiger partial charge in [-0.3, -0.25) is 9.59 Å². The lowest BCUT2D eigenvalue weighted by Gasteiger charge is -2.08. The van der Waals surface area contributed by atoms with E-state index in [-0.39, 0.29) is 18.8 Å². The Kier molecular flexibility index (Phi) is 5.26. The molecule has 3 N–H and O–H groups in total. The smallest absolute Gasteiger partial charge is 0.313 e. The molecule has 6 heteroatoms. The molecule has 0 atom stereocenters. The van der Waals surface area contributed by atoms with Crippen LogP contribution in [-0.4, -0.2) is 30.1 Å². The number of aliphatic hydroxyl groups excluding tert-OH is 1. The molecule has 0 unspecified atom stereocenters. The van der Waals surface area contributed by atoms with Crippen molar-refractivity contribution < 1.29 is 19.1 Å². The molecule has 0 bridgehead atoms. The number of halogens is 1. The first-order valence-electron chi connectivity index (χ1n) is 5.51. The van der Waals surface area contributed by atoms with Crippen molar-refractivity contribution in [3.8, 4) is 0 Å². The monoisotopic (exact) mass is 254 g/mol. The van der Waals surface area contributed by atoms with E-state index in [2.05, 4.69) is 10.6 Å². The minimum absolute atomic E-state index is 0.0646. The molecule has 1 aromatic rings. The summed E-state index contributed by atoms with van der Waals surface area (Å²) < 4.78 is 13.0. The summed E-state index contributed by atoms with van der Waals surface area (Å²) in [6, 6.07) is 3.93. The van der Waals surface area contributed by atoms with Crippen LogP contribution in [0.15, 0.2) is 18.2 Å². The van der Waals surface area contributed by atoms with Crippen LogP contribution in [0.1, 0.15) is 12.0 Å². The van der Waals surface area contributed by atoms with Crippen LogP contribution >= 0.6 is 0 Å². The van der Waals surface area contributed by atoms with E-state index in [0.29, 0.717) is 12.0 Å². The fraction of sp³-hybridized carbons (Fsp3) is 0.333. The second-order valence-electron chi connectivity index (χ2n) is 3.75. The van der Waals surface area contributed by atoms with Crippen LogP contribution in [0.25, 0.3) is 0 Å². The number of carbonyl (C=O) groups excluding carboxylic acids is 2. The first-order chi connectivity index (χ1) is 8.54. The number of aryl methyl sites for hydroxylation is 1.